The van der Waals surface area contributed by atoms with Crippen LogP contribution in [0.2, 0.25) is 0 Å². The number of hydrogen-bond donors (Lipinski definition) is 2. The molecular weight excluding hydrogens is 258 g/mol. The Labute approximate surface area is 118 Å². The van der Waals surface area contributed by atoms with E-state index in [9.17, 15) is 9.59 Å². The van der Waals surface area contributed by atoms with Gasteiger partial charge in [0.1, 0.15) is 0 Å². The zero-order chi connectivity index (χ0) is 13.9. The average Bonchev–Trinajstić information content (AvgIpc) is 2.66. The van der Waals surface area contributed by atoms with Gasteiger partial charge in [-0.05, 0) is 32.1 Å². The third kappa shape index (κ3) is 1.47. The van der Waals surface area contributed by atoms with Gasteiger partial charge in [0.25, 0.3) is 0 Å². The summed E-state index contributed by atoms with van der Waals surface area (Å²) in [7, 11) is 0. The Morgan fingerprint density at radius 1 is 1.15 bits per heavy atom. The van der Waals surface area contributed by atoms with E-state index in [-0.39, 0.29) is 23.3 Å². The number of hydrogen-bond acceptors (Lipinski definition) is 3. The largest absolute Gasteiger partial charge is 0.481 e. The highest BCUT2D eigenvalue weighted by Gasteiger charge is 2.67. The molecule has 110 valence electrons. The van der Waals surface area contributed by atoms with Gasteiger partial charge in [0.05, 0.1) is 17.9 Å². The van der Waals surface area contributed by atoms with Gasteiger partial charge in [0.15, 0.2) is 0 Å². The van der Waals surface area contributed by atoms with Crippen LogP contribution >= 0.6 is 0 Å². The fraction of sp³-hybridized carbons (Fsp3) is 0.867. The van der Waals surface area contributed by atoms with Gasteiger partial charge in [-0.1, -0.05) is 6.42 Å². The van der Waals surface area contributed by atoms with Gasteiger partial charge in [-0.3, -0.25) is 9.59 Å². The highest BCUT2D eigenvalue weighted by molar-refractivity contribution is 5.86. The maximum absolute atomic E-state index is 12.3. The Morgan fingerprint density at radius 3 is 2.45 bits per heavy atom. The van der Waals surface area contributed by atoms with Crippen LogP contribution in [-0.4, -0.2) is 35.7 Å². The number of fused-ring (bicyclic) bond motifs is 2. The number of aliphatic carboxylic acids is 1. The Hall–Kier alpha value is -1.10. The van der Waals surface area contributed by atoms with E-state index >= 15 is 0 Å². The van der Waals surface area contributed by atoms with E-state index in [0.717, 1.165) is 25.9 Å². The standard InChI is InChI=1S/C15H21NO4/c17-13(8-2-3-9(8)14(18)19)16-11-10-4-7-20-12(10)15(11)5-1-6-15/h8-12H,1-7H2,(H,16,17)(H,18,19). The van der Waals surface area contributed by atoms with Crippen molar-refractivity contribution < 1.29 is 19.4 Å². The van der Waals surface area contributed by atoms with E-state index in [0.29, 0.717) is 24.9 Å². The molecule has 20 heavy (non-hydrogen) atoms. The molecule has 0 radical (unpaired) electrons. The number of carbonyl (C=O) groups excluding carboxylic acids is 1. The minimum atomic E-state index is -0.828. The van der Waals surface area contributed by atoms with Crippen molar-refractivity contribution in [2.75, 3.05) is 6.61 Å². The van der Waals surface area contributed by atoms with E-state index in [4.69, 9.17) is 9.84 Å². The van der Waals surface area contributed by atoms with Gasteiger partial charge < -0.3 is 15.2 Å². The summed E-state index contributed by atoms with van der Waals surface area (Å²) in [6, 6.07) is 0.228. The lowest BCUT2D eigenvalue weighted by atomic mass is 9.46. The molecular formula is C15H21NO4. The van der Waals surface area contributed by atoms with Crippen molar-refractivity contribution in [1.29, 1.82) is 0 Å². The molecule has 3 saturated carbocycles. The second-order valence-electron chi connectivity index (χ2n) is 6.95. The van der Waals surface area contributed by atoms with Crippen molar-refractivity contribution in [1.82, 2.24) is 5.32 Å². The Bertz CT molecular complexity index is 459. The van der Waals surface area contributed by atoms with Crippen LogP contribution in [-0.2, 0) is 14.3 Å². The molecule has 4 aliphatic rings. The summed E-state index contributed by atoms with van der Waals surface area (Å²) in [5.74, 6) is -1.19. The summed E-state index contributed by atoms with van der Waals surface area (Å²) in [5.41, 5.74) is 0.180. The lowest BCUT2D eigenvalue weighted by Crippen LogP contribution is -2.72. The molecule has 3 aliphatic carbocycles. The second kappa shape index (κ2) is 4.20. The van der Waals surface area contributed by atoms with Crippen LogP contribution < -0.4 is 5.32 Å². The van der Waals surface area contributed by atoms with E-state index < -0.39 is 11.9 Å². The van der Waals surface area contributed by atoms with Crippen LogP contribution in [0.5, 0.6) is 0 Å². The van der Waals surface area contributed by atoms with Crippen molar-refractivity contribution >= 4 is 11.9 Å². The van der Waals surface area contributed by atoms with Gasteiger partial charge in [-0.15, -0.1) is 0 Å². The smallest absolute Gasteiger partial charge is 0.307 e. The first kappa shape index (κ1) is 12.6. The monoisotopic (exact) mass is 279 g/mol. The van der Waals surface area contributed by atoms with Crippen LogP contribution in [0.15, 0.2) is 0 Å². The number of nitrogens with one attached hydrogen (secondary N) is 1. The molecule has 4 fully saturated rings. The maximum Gasteiger partial charge on any atom is 0.307 e. The van der Waals surface area contributed by atoms with Gasteiger partial charge in [0.2, 0.25) is 5.91 Å². The molecule has 0 aromatic carbocycles. The van der Waals surface area contributed by atoms with Gasteiger partial charge in [-0.25, -0.2) is 0 Å². The summed E-state index contributed by atoms with van der Waals surface area (Å²) in [6.07, 6.45) is 6.24. The molecule has 5 unspecified atom stereocenters. The molecule has 2 N–H and O–H groups in total. The molecule has 0 aromatic rings. The lowest BCUT2D eigenvalue weighted by Gasteiger charge is -2.63. The summed E-state index contributed by atoms with van der Waals surface area (Å²) in [5, 5.41) is 12.3. The first-order valence-corrected chi connectivity index (χ1v) is 7.78. The van der Waals surface area contributed by atoms with E-state index in [2.05, 4.69) is 5.32 Å². The fourth-order valence-electron chi connectivity index (χ4n) is 4.83. The third-order valence-electron chi connectivity index (χ3n) is 6.26. The lowest BCUT2D eigenvalue weighted by molar-refractivity contribution is -0.182. The normalized spacial score (nSPS) is 43.9. The topological polar surface area (TPSA) is 75.6 Å². The van der Waals surface area contributed by atoms with Gasteiger partial charge in [0, 0.05) is 24.0 Å². The molecule has 5 heteroatoms. The maximum atomic E-state index is 12.3. The molecule has 1 heterocycles. The first-order valence-electron chi connectivity index (χ1n) is 7.78. The Kier molecular flexibility index (Phi) is 2.65. The molecule has 5 atom stereocenters. The van der Waals surface area contributed by atoms with Gasteiger partial charge in [-0.2, -0.15) is 0 Å². The van der Waals surface area contributed by atoms with Crippen LogP contribution in [0.1, 0.15) is 38.5 Å². The molecule has 1 amide bonds. The minimum Gasteiger partial charge on any atom is -0.481 e. The van der Waals surface area contributed by atoms with Crippen LogP contribution in [0.3, 0.4) is 0 Å². The van der Waals surface area contributed by atoms with E-state index in [1.54, 1.807) is 0 Å². The Morgan fingerprint density at radius 2 is 1.90 bits per heavy atom. The molecule has 1 saturated heterocycles. The third-order valence-corrected chi connectivity index (χ3v) is 6.26. The zero-order valence-electron chi connectivity index (χ0n) is 11.5. The van der Waals surface area contributed by atoms with E-state index in [1.165, 1.54) is 6.42 Å². The minimum absolute atomic E-state index is 0.0368. The number of carbonyl (C=O) groups is 2. The van der Waals surface area contributed by atoms with Crippen molar-refractivity contribution in [3.05, 3.63) is 0 Å². The fourth-order valence-corrected chi connectivity index (χ4v) is 4.83. The molecule has 1 aliphatic heterocycles. The summed E-state index contributed by atoms with van der Waals surface area (Å²) in [6.45, 7) is 0.810. The molecule has 1 spiro atoms. The van der Waals surface area contributed by atoms with Crippen molar-refractivity contribution in [3.63, 3.8) is 0 Å². The molecule has 0 aromatic heterocycles. The summed E-state index contributed by atoms with van der Waals surface area (Å²) < 4.78 is 5.84. The number of ether oxygens (including phenoxy) is 1. The van der Waals surface area contributed by atoms with Crippen LogP contribution in [0.4, 0.5) is 0 Å². The summed E-state index contributed by atoms with van der Waals surface area (Å²) >= 11 is 0. The highest BCUT2D eigenvalue weighted by atomic mass is 16.5. The van der Waals surface area contributed by atoms with Crippen molar-refractivity contribution in [2.45, 2.75) is 50.7 Å². The van der Waals surface area contributed by atoms with Gasteiger partial charge >= 0.3 is 5.97 Å². The van der Waals surface area contributed by atoms with Crippen LogP contribution in [0, 0.1) is 23.2 Å². The first-order chi connectivity index (χ1) is 9.63. The average molecular weight is 279 g/mol. The SMILES string of the molecule is O=C(O)C1CCC1C(=O)NC1C2CCOC2C12CCC2. The van der Waals surface area contributed by atoms with Crippen molar-refractivity contribution in [2.24, 2.45) is 23.2 Å². The predicted octanol–water partition coefficient (Wildman–Crippen LogP) is 1.17. The van der Waals surface area contributed by atoms with Crippen molar-refractivity contribution in [3.8, 4) is 0 Å². The second-order valence-corrected chi connectivity index (χ2v) is 6.95. The number of carboxylic acid groups (broad SMARTS) is 1. The number of amides is 1. The molecule has 0 bridgehead atoms. The zero-order valence-corrected chi connectivity index (χ0v) is 11.5. The van der Waals surface area contributed by atoms with E-state index in [1.807, 2.05) is 0 Å². The quantitative estimate of drug-likeness (QED) is 0.813. The Balaban J connectivity index is 1.44. The predicted molar refractivity (Wildman–Crippen MR) is 69.9 cm³/mol. The number of rotatable bonds is 3. The number of carboxylic acids is 1. The highest BCUT2D eigenvalue weighted by Crippen LogP contribution is 2.62. The molecule has 4 rings (SSSR count). The van der Waals surface area contributed by atoms with Crippen LogP contribution in [0.25, 0.3) is 0 Å². The molecule has 5 nitrogen and oxygen atoms in total. The summed E-state index contributed by atoms with van der Waals surface area (Å²) in [4.78, 5) is 23.4.